The van der Waals surface area contributed by atoms with Gasteiger partial charge in [-0.2, -0.15) is 0 Å². The van der Waals surface area contributed by atoms with Crippen molar-refractivity contribution in [2.75, 3.05) is 0 Å². The van der Waals surface area contributed by atoms with Crippen LogP contribution in [0, 0.1) is 22.7 Å². The van der Waals surface area contributed by atoms with E-state index in [-0.39, 0.29) is 53.2 Å². The highest BCUT2D eigenvalue weighted by Gasteiger charge is 2.76. The van der Waals surface area contributed by atoms with Crippen molar-refractivity contribution in [1.29, 1.82) is 0 Å². The summed E-state index contributed by atoms with van der Waals surface area (Å²) in [4.78, 5) is 25.9. The number of furan rings is 1. The molecule has 2 saturated carbocycles. The van der Waals surface area contributed by atoms with Gasteiger partial charge < -0.3 is 13.9 Å². The number of carbonyl (C=O) groups excluding carboxylic acids is 2. The molecule has 0 bridgehead atoms. The zero-order valence-electron chi connectivity index (χ0n) is 14.9. The Labute approximate surface area is 147 Å². The lowest BCUT2D eigenvalue weighted by Gasteiger charge is -2.59. The van der Waals surface area contributed by atoms with Crippen LogP contribution >= 0.6 is 0 Å². The van der Waals surface area contributed by atoms with E-state index in [0.29, 0.717) is 0 Å². The Morgan fingerprint density at radius 3 is 2.68 bits per heavy atom. The van der Waals surface area contributed by atoms with Crippen LogP contribution in [0.4, 0.5) is 0 Å². The topological polar surface area (TPSA) is 69.0 Å². The van der Waals surface area contributed by atoms with Gasteiger partial charge in [0.15, 0.2) is 0 Å². The third kappa shape index (κ3) is 1.73. The van der Waals surface area contributed by atoms with Crippen molar-refractivity contribution < 1.29 is 23.5 Å². The highest BCUT2D eigenvalue weighted by molar-refractivity contribution is 5.93. The van der Waals surface area contributed by atoms with Crippen LogP contribution in [0.15, 0.2) is 23.0 Å². The highest BCUT2D eigenvalue weighted by atomic mass is 16.6. The zero-order valence-corrected chi connectivity index (χ0v) is 14.9. The molecular formula is C20H24O5. The van der Waals surface area contributed by atoms with Gasteiger partial charge in [0, 0.05) is 12.0 Å². The first-order valence-corrected chi connectivity index (χ1v) is 9.24. The molecule has 0 N–H and O–H groups in total. The Morgan fingerprint density at radius 2 is 1.96 bits per heavy atom. The largest absolute Gasteiger partial charge is 0.472 e. The van der Waals surface area contributed by atoms with Crippen LogP contribution in [0.1, 0.15) is 58.1 Å². The van der Waals surface area contributed by atoms with Crippen LogP contribution < -0.4 is 0 Å². The molecule has 2 aliphatic heterocycles. The Hall–Kier alpha value is -1.62. The third-order valence-electron chi connectivity index (χ3n) is 8.03. The van der Waals surface area contributed by atoms with Crippen LogP contribution in [0.25, 0.3) is 0 Å². The molecule has 2 saturated heterocycles. The van der Waals surface area contributed by atoms with Gasteiger partial charge in [-0.05, 0) is 50.5 Å². The van der Waals surface area contributed by atoms with E-state index in [1.54, 1.807) is 12.5 Å². The predicted octanol–water partition coefficient (Wildman–Crippen LogP) is 3.44. The molecule has 0 spiro atoms. The quantitative estimate of drug-likeness (QED) is 0.577. The summed E-state index contributed by atoms with van der Waals surface area (Å²) in [6.45, 7) is 6.35. The molecule has 0 amide bonds. The summed E-state index contributed by atoms with van der Waals surface area (Å²) >= 11 is 0. The van der Waals surface area contributed by atoms with Crippen molar-refractivity contribution in [3.63, 3.8) is 0 Å². The van der Waals surface area contributed by atoms with Crippen LogP contribution in [-0.2, 0) is 19.1 Å². The van der Waals surface area contributed by atoms with Crippen molar-refractivity contribution in [2.24, 2.45) is 22.7 Å². The van der Waals surface area contributed by atoms with E-state index in [0.717, 1.165) is 24.8 Å². The highest BCUT2D eigenvalue weighted by Crippen LogP contribution is 2.70. The molecule has 134 valence electrons. The minimum absolute atomic E-state index is 0.136. The molecule has 7 atom stereocenters. The fourth-order valence-electron chi connectivity index (χ4n) is 6.28. The Kier molecular flexibility index (Phi) is 2.85. The molecule has 5 heteroatoms. The molecule has 25 heavy (non-hydrogen) atoms. The number of hydrogen-bond acceptors (Lipinski definition) is 5. The summed E-state index contributed by atoms with van der Waals surface area (Å²) in [6.07, 6.45) is 6.06. The van der Waals surface area contributed by atoms with Gasteiger partial charge in [0.05, 0.1) is 30.0 Å². The molecule has 1 aromatic heterocycles. The van der Waals surface area contributed by atoms with Crippen LogP contribution in [0.2, 0.25) is 0 Å². The maximum absolute atomic E-state index is 13.1. The van der Waals surface area contributed by atoms with E-state index in [4.69, 9.17) is 13.9 Å². The summed E-state index contributed by atoms with van der Waals surface area (Å²) < 4.78 is 16.9. The van der Waals surface area contributed by atoms with E-state index < -0.39 is 5.41 Å². The molecule has 3 heterocycles. The van der Waals surface area contributed by atoms with Gasteiger partial charge in [-0.3, -0.25) is 9.59 Å². The fraction of sp³-hybridized carbons (Fsp3) is 0.700. The number of ketones is 1. The van der Waals surface area contributed by atoms with E-state index in [2.05, 4.69) is 20.8 Å². The van der Waals surface area contributed by atoms with Gasteiger partial charge in [-0.25, -0.2) is 0 Å². The molecule has 5 rings (SSSR count). The lowest BCUT2D eigenvalue weighted by Crippen LogP contribution is -2.64. The van der Waals surface area contributed by atoms with Crippen molar-refractivity contribution in [3.8, 4) is 0 Å². The summed E-state index contributed by atoms with van der Waals surface area (Å²) in [5.74, 6) is -0.278. The number of epoxide rings is 1. The lowest BCUT2D eigenvalue weighted by atomic mass is 9.43. The molecular weight excluding hydrogens is 320 g/mol. The fourth-order valence-corrected chi connectivity index (χ4v) is 6.28. The zero-order chi connectivity index (χ0) is 17.6. The molecule has 4 aliphatic rings. The maximum Gasteiger partial charge on any atom is 0.310 e. The minimum Gasteiger partial charge on any atom is -0.472 e. The Morgan fingerprint density at radius 1 is 1.16 bits per heavy atom. The minimum atomic E-state index is -0.514. The average molecular weight is 344 g/mol. The van der Waals surface area contributed by atoms with Crippen LogP contribution in [-0.4, -0.2) is 23.5 Å². The third-order valence-corrected chi connectivity index (χ3v) is 8.03. The van der Waals surface area contributed by atoms with Gasteiger partial charge in [0.1, 0.15) is 17.5 Å². The normalized spacial score (nSPS) is 51.2. The van der Waals surface area contributed by atoms with Gasteiger partial charge in [-0.1, -0.05) is 6.92 Å². The van der Waals surface area contributed by atoms with Gasteiger partial charge >= 0.3 is 5.97 Å². The monoisotopic (exact) mass is 344 g/mol. The SMILES string of the molecule is C[C@@]12C[C@H](c3ccoc3)OC(=O)[C@H]1CC(=O)[C@]1(C)[C@H]2CC[C@@H]2O[C@@]21C. The van der Waals surface area contributed by atoms with Crippen molar-refractivity contribution in [2.45, 2.75) is 64.3 Å². The van der Waals surface area contributed by atoms with Crippen molar-refractivity contribution >= 4 is 11.8 Å². The van der Waals surface area contributed by atoms with Crippen LogP contribution in [0.5, 0.6) is 0 Å². The number of ether oxygens (including phenoxy) is 2. The van der Waals surface area contributed by atoms with E-state index >= 15 is 0 Å². The summed E-state index contributed by atoms with van der Waals surface area (Å²) in [7, 11) is 0. The average Bonchev–Trinajstić information content (AvgIpc) is 3.00. The molecule has 0 aromatic carbocycles. The summed E-state index contributed by atoms with van der Waals surface area (Å²) in [6, 6.07) is 1.86. The first-order chi connectivity index (χ1) is 11.8. The standard InChI is InChI=1S/C20H24O5/c1-18-9-13(11-6-7-23-10-11)24-17(22)12(18)8-15(21)19(2)14(18)4-5-16-20(19,3)25-16/h6-7,10,12-14,16H,4-5,8-9H2,1-3H3/t12-,13-,14+,16+,18-,19+,20+/m1/s1. The second kappa shape index (κ2) is 4.56. The molecule has 0 unspecified atom stereocenters. The Bertz CT molecular complexity index is 754. The van der Waals surface area contributed by atoms with E-state index in [1.165, 1.54) is 0 Å². The van der Waals surface area contributed by atoms with E-state index in [9.17, 15) is 9.59 Å². The van der Waals surface area contributed by atoms with Crippen molar-refractivity contribution in [3.05, 3.63) is 24.2 Å². The van der Waals surface area contributed by atoms with Gasteiger partial charge in [0.2, 0.25) is 0 Å². The van der Waals surface area contributed by atoms with Crippen molar-refractivity contribution in [1.82, 2.24) is 0 Å². The van der Waals surface area contributed by atoms with Gasteiger partial charge in [0.25, 0.3) is 0 Å². The first-order valence-electron chi connectivity index (χ1n) is 9.24. The first kappa shape index (κ1) is 15.6. The second-order valence-electron chi connectivity index (χ2n) is 8.92. The number of cyclic esters (lactones) is 1. The molecule has 4 fully saturated rings. The number of Topliss-reactive ketones (excluding diaryl/α,β-unsaturated/α-hetero) is 1. The molecule has 0 radical (unpaired) electrons. The number of esters is 1. The number of rotatable bonds is 1. The van der Waals surface area contributed by atoms with Crippen LogP contribution in [0.3, 0.4) is 0 Å². The number of fused-ring (bicyclic) bond motifs is 5. The van der Waals surface area contributed by atoms with Gasteiger partial charge in [-0.15, -0.1) is 0 Å². The summed E-state index contributed by atoms with van der Waals surface area (Å²) in [5, 5.41) is 0. The molecule has 5 nitrogen and oxygen atoms in total. The molecule has 2 aliphatic carbocycles. The second-order valence-corrected chi connectivity index (χ2v) is 8.92. The summed E-state index contributed by atoms with van der Waals surface area (Å²) in [5.41, 5.74) is -0.248. The maximum atomic E-state index is 13.1. The number of carbonyl (C=O) groups is 2. The van der Waals surface area contributed by atoms with E-state index in [1.807, 2.05) is 6.07 Å². The predicted molar refractivity (Wildman–Crippen MR) is 87.5 cm³/mol. The number of hydrogen-bond donors (Lipinski definition) is 0. The Balaban J connectivity index is 1.58. The molecule has 1 aromatic rings. The lowest BCUT2D eigenvalue weighted by molar-refractivity contribution is -0.199. The smallest absolute Gasteiger partial charge is 0.310 e.